The van der Waals surface area contributed by atoms with Crippen LogP contribution in [0.25, 0.3) is 0 Å². The monoisotopic (exact) mass is 127 g/mol. The predicted molar refractivity (Wildman–Crippen MR) is 34.3 cm³/mol. The molecule has 2 nitrogen and oxygen atoms in total. The Morgan fingerprint density at radius 2 is 2.38 bits per heavy atom. The molecule has 0 bridgehead atoms. The first-order chi connectivity index (χ1) is 3.80. The fourth-order valence-corrected chi connectivity index (χ4v) is 0.556. The van der Waals surface area contributed by atoms with Gasteiger partial charge in [-0.2, -0.15) is 0 Å². The highest BCUT2D eigenvalue weighted by molar-refractivity contribution is 7.80. The van der Waals surface area contributed by atoms with Crippen LogP contribution in [0.5, 0.6) is 0 Å². The average molecular weight is 127 g/mol. The summed E-state index contributed by atoms with van der Waals surface area (Å²) in [6, 6.07) is 1.43. The molecule has 1 rings (SSSR count). The topological polar surface area (TPSA) is 32.9 Å². The van der Waals surface area contributed by atoms with E-state index in [0.717, 1.165) is 0 Å². The highest BCUT2D eigenvalue weighted by Crippen LogP contribution is 1.90. The zero-order valence-electron chi connectivity index (χ0n) is 4.09. The van der Waals surface area contributed by atoms with Gasteiger partial charge in [0, 0.05) is 18.5 Å². The van der Waals surface area contributed by atoms with Crippen molar-refractivity contribution in [3.63, 3.8) is 0 Å². The van der Waals surface area contributed by atoms with E-state index >= 15 is 0 Å². The lowest BCUT2D eigenvalue weighted by Crippen LogP contribution is -1.98. The van der Waals surface area contributed by atoms with E-state index in [1.54, 1.807) is 12.4 Å². The van der Waals surface area contributed by atoms with Gasteiger partial charge in [-0.3, -0.25) is 4.79 Å². The molecular weight excluding hydrogens is 122 g/mol. The zero-order chi connectivity index (χ0) is 5.98. The Hall–Kier alpha value is -0.700. The van der Waals surface area contributed by atoms with Crippen molar-refractivity contribution in [2.45, 2.75) is 4.90 Å². The first-order valence-electron chi connectivity index (χ1n) is 2.17. The smallest absolute Gasteiger partial charge is 0.194 e. The second-order valence-corrected chi connectivity index (χ2v) is 1.88. The zero-order valence-corrected chi connectivity index (χ0v) is 4.98. The molecule has 1 aromatic rings. The summed E-state index contributed by atoms with van der Waals surface area (Å²) in [7, 11) is 0. The van der Waals surface area contributed by atoms with Crippen molar-refractivity contribution in [1.29, 1.82) is 0 Å². The van der Waals surface area contributed by atoms with E-state index in [1.807, 2.05) is 0 Å². The van der Waals surface area contributed by atoms with Crippen LogP contribution in [0.15, 0.2) is 28.2 Å². The molecule has 0 aliphatic heterocycles. The number of hydrogen-bond acceptors (Lipinski definition) is 2. The molecule has 0 fully saturated rings. The minimum atomic E-state index is -0.0490. The highest BCUT2D eigenvalue weighted by atomic mass is 32.1. The Bertz CT molecular complexity index is 230. The van der Waals surface area contributed by atoms with Crippen molar-refractivity contribution in [3.05, 3.63) is 28.7 Å². The second kappa shape index (κ2) is 2.05. The van der Waals surface area contributed by atoms with E-state index in [1.165, 1.54) is 6.07 Å². The lowest BCUT2D eigenvalue weighted by Gasteiger charge is -1.82. The summed E-state index contributed by atoms with van der Waals surface area (Å²) in [5.74, 6) is 0. The van der Waals surface area contributed by atoms with Crippen LogP contribution in [0.4, 0.5) is 0 Å². The molecule has 0 aliphatic rings. The van der Waals surface area contributed by atoms with Gasteiger partial charge in [-0.15, -0.1) is 12.6 Å². The summed E-state index contributed by atoms with van der Waals surface area (Å²) in [5, 5.41) is 0. The van der Waals surface area contributed by atoms with Crippen LogP contribution in [-0.4, -0.2) is 4.98 Å². The van der Waals surface area contributed by atoms with Gasteiger partial charge in [0.1, 0.15) is 0 Å². The summed E-state index contributed by atoms with van der Waals surface area (Å²) in [6.07, 6.45) is 3.12. The molecule has 3 heteroatoms. The summed E-state index contributed by atoms with van der Waals surface area (Å²) < 4.78 is 0. The van der Waals surface area contributed by atoms with E-state index in [-0.39, 0.29) is 5.43 Å². The number of nitrogens with one attached hydrogen (secondary N) is 1. The number of pyridine rings is 1. The van der Waals surface area contributed by atoms with Crippen LogP contribution in [0.2, 0.25) is 0 Å². The lowest BCUT2D eigenvalue weighted by molar-refractivity contribution is 1.20. The number of H-pyrrole nitrogens is 1. The number of aromatic nitrogens is 1. The van der Waals surface area contributed by atoms with Crippen molar-refractivity contribution in [3.8, 4) is 0 Å². The van der Waals surface area contributed by atoms with Gasteiger partial charge in [0.15, 0.2) is 5.43 Å². The molecule has 0 spiro atoms. The van der Waals surface area contributed by atoms with E-state index in [0.29, 0.717) is 4.90 Å². The number of hydrogen-bond donors (Lipinski definition) is 2. The molecule has 0 unspecified atom stereocenters. The Morgan fingerprint density at radius 3 is 2.75 bits per heavy atom. The minimum absolute atomic E-state index is 0.0490. The second-order valence-electron chi connectivity index (χ2n) is 1.39. The Kier molecular flexibility index (Phi) is 1.39. The van der Waals surface area contributed by atoms with Crippen molar-refractivity contribution in [2.24, 2.45) is 0 Å². The number of thiol groups is 1. The van der Waals surface area contributed by atoms with Gasteiger partial charge in [-0.1, -0.05) is 0 Å². The van der Waals surface area contributed by atoms with Crippen LogP contribution in [0, 0.1) is 0 Å². The maximum atomic E-state index is 10.5. The molecule has 0 saturated carbocycles. The van der Waals surface area contributed by atoms with Crippen molar-refractivity contribution in [2.75, 3.05) is 0 Å². The van der Waals surface area contributed by atoms with Crippen molar-refractivity contribution in [1.82, 2.24) is 4.98 Å². The third-order valence-corrected chi connectivity index (χ3v) is 1.15. The van der Waals surface area contributed by atoms with E-state index < -0.39 is 0 Å². The summed E-state index contributed by atoms with van der Waals surface area (Å²) in [5.41, 5.74) is -0.0490. The van der Waals surface area contributed by atoms with Gasteiger partial charge in [0.25, 0.3) is 0 Å². The lowest BCUT2D eigenvalue weighted by atomic mass is 10.5. The molecule has 0 amide bonds. The fourth-order valence-electron chi connectivity index (χ4n) is 0.407. The van der Waals surface area contributed by atoms with Crippen LogP contribution in [0.1, 0.15) is 0 Å². The van der Waals surface area contributed by atoms with Gasteiger partial charge >= 0.3 is 0 Å². The third-order valence-electron chi connectivity index (χ3n) is 0.803. The minimum Gasteiger partial charge on any atom is -0.366 e. The Balaban J connectivity index is 3.35. The quantitative estimate of drug-likeness (QED) is 0.493. The molecule has 0 aromatic carbocycles. The molecular formula is C5H5NOS. The summed E-state index contributed by atoms with van der Waals surface area (Å²) in [6.45, 7) is 0. The van der Waals surface area contributed by atoms with Crippen LogP contribution < -0.4 is 5.43 Å². The van der Waals surface area contributed by atoms with E-state index in [9.17, 15) is 4.79 Å². The summed E-state index contributed by atoms with van der Waals surface area (Å²) in [4.78, 5) is 13.7. The molecule has 1 heterocycles. The SMILES string of the molecule is O=c1cc[nH]cc1S. The molecule has 0 atom stereocenters. The molecule has 1 aromatic heterocycles. The summed E-state index contributed by atoms with van der Waals surface area (Å²) >= 11 is 3.85. The average Bonchev–Trinajstić information content (AvgIpc) is 1.77. The molecule has 0 saturated heterocycles. The Labute approximate surface area is 52.0 Å². The van der Waals surface area contributed by atoms with Crippen molar-refractivity contribution < 1.29 is 0 Å². The standard InChI is InChI=1S/C5H5NOS/c7-4-1-2-6-3-5(4)8/h1-3,8H,(H,6,7). The van der Waals surface area contributed by atoms with Gasteiger partial charge in [-0.05, 0) is 0 Å². The van der Waals surface area contributed by atoms with E-state index in [2.05, 4.69) is 17.6 Å². The number of rotatable bonds is 0. The van der Waals surface area contributed by atoms with Crippen LogP contribution in [-0.2, 0) is 0 Å². The maximum absolute atomic E-state index is 10.5. The van der Waals surface area contributed by atoms with Gasteiger partial charge in [0.2, 0.25) is 0 Å². The predicted octanol–water partition coefficient (Wildman–Crippen LogP) is 0.664. The van der Waals surface area contributed by atoms with Crippen LogP contribution in [0.3, 0.4) is 0 Å². The molecule has 0 radical (unpaired) electrons. The largest absolute Gasteiger partial charge is 0.366 e. The first kappa shape index (κ1) is 5.44. The Morgan fingerprint density at radius 1 is 1.62 bits per heavy atom. The molecule has 1 N–H and O–H groups in total. The van der Waals surface area contributed by atoms with Gasteiger partial charge in [-0.25, -0.2) is 0 Å². The van der Waals surface area contributed by atoms with Gasteiger partial charge < -0.3 is 4.98 Å². The van der Waals surface area contributed by atoms with Crippen LogP contribution >= 0.6 is 12.6 Å². The normalized spacial score (nSPS) is 9.12. The van der Waals surface area contributed by atoms with Crippen molar-refractivity contribution >= 4 is 12.6 Å². The first-order valence-corrected chi connectivity index (χ1v) is 2.61. The molecule has 8 heavy (non-hydrogen) atoms. The molecule has 42 valence electrons. The highest BCUT2D eigenvalue weighted by Gasteiger charge is 1.85. The molecule has 0 aliphatic carbocycles. The number of aromatic amines is 1. The van der Waals surface area contributed by atoms with E-state index in [4.69, 9.17) is 0 Å². The maximum Gasteiger partial charge on any atom is 0.194 e. The van der Waals surface area contributed by atoms with Gasteiger partial charge in [0.05, 0.1) is 4.90 Å². The fraction of sp³-hybridized carbons (Fsp3) is 0. The third kappa shape index (κ3) is 0.924.